The normalized spacial score (nSPS) is 10.2. The van der Waals surface area contributed by atoms with Crippen molar-refractivity contribution in [3.63, 3.8) is 0 Å². The second-order valence-electron chi connectivity index (χ2n) is 4.89. The van der Waals surface area contributed by atoms with Crippen molar-refractivity contribution < 1.29 is 14.3 Å². The molecule has 2 rings (SSSR count). The summed E-state index contributed by atoms with van der Waals surface area (Å²) in [6.45, 7) is 3.56. The van der Waals surface area contributed by atoms with Crippen LogP contribution in [0.15, 0.2) is 48.5 Å². The Kier molecular flexibility index (Phi) is 4.88. The Bertz CT molecular complexity index is 645. The zero-order chi connectivity index (χ0) is 15.2. The SMILES string of the molecule is CCCc1ccc(OC(=O)c2ccccc2)c(C(C)=O)c1. The van der Waals surface area contributed by atoms with E-state index in [-0.39, 0.29) is 5.78 Å². The first-order valence-electron chi connectivity index (χ1n) is 7.03. The van der Waals surface area contributed by atoms with E-state index in [9.17, 15) is 9.59 Å². The summed E-state index contributed by atoms with van der Waals surface area (Å²) in [7, 11) is 0. The van der Waals surface area contributed by atoms with Crippen LogP contribution in [-0.2, 0) is 6.42 Å². The van der Waals surface area contributed by atoms with E-state index in [1.807, 2.05) is 12.1 Å². The highest BCUT2D eigenvalue weighted by molar-refractivity contribution is 5.99. The van der Waals surface area contributed by atoms with E-state index in [0.717, 1.165) is 18.4 Å². The minimum atomic E-state index is -0.457. The van der Waals surface area contributed by atoms with E-state index in [0.29, 0.717) is 16.9 Å². The van der Waals surface area contributed by atoms with Gasteiger partial charge in [-0.2, -0.15) is 0 Å². The van der Waals surface area contributed by atoms with Crippen LogP contribution in [0.25, 0.3) is 0 Å². The number of rotatable bonds is 5. The van der Waals surface area contributed by atoms with Crippen LogP contribution in [0.2, 0.25) is 0 Å². The summed E-state index contributed by atoms with van der Waals surface area (Å²) in [5.74, 6) is -0.249. The Morgan fingerprint density at radius 2 is 1.76 bits per heavy atom. The van der Waals surface area contributed by atoms with Gasteiger partial charge in [0, 0.05) is 0 Å². The Balaban J connectivity index is 2.27. The molecule has 2 aromatic carbocycles. The molecule has 0 fully saturated rings. The van der Waals surface area contributed by atoms with Gasteiger partial charge in [-0.25, -0.2) is 4.79 Å². The number of carbonyl (C=O) groups is 2. The minimum Gasteiger partial charge on any atom is -0.422 e. The standard InChI is InChI=1S/C18H18O3/c1-3-7-14-10-11-17(16(12-14)13(2)19)21-18(20)15-8-5-4-6-9-15/h4-6,8-12H,3,7H2,1-2H3. The summed E-state index contributed by atoms with van der Waals surface area (Å²) in [6.07, 6.45) is 1.90. The summed E-state index contributed by atoms with van der Waals surface area (Å²) in [5.41, 5.74) is 1.98. The first-order valence-corrected chi connectivity index (χ1v) is 7.03. The molecule has 0 atom stereocenters. The Labute approximate surface area is 124 Å². The van der Waals surface area contributed by atoms with E-state index < -0.39 is 5.97 Å². The average molecular weight is 282 g/mol. The molecule has 0 radical (unpaired) electrons. The van der Waals surface area contributed by atoms with Crippen LogP contribution in [0, 0.1) is 0 Å². The third-order valence-electron chi connectivity index (χ3n) is 3.17. The molecule has 0 saturated heterocycles. The van der Waals surface area contributed by atoms with Gasteiger partial charge in [-0.3, -0.25) is 4.79 Å². The van der Waals surface area contributed by atoms with Crippen LogP contribution in [0.4, 0.5) is 0 Å². The number of esters is 1. The summed E-state index contributed by atoms with van der Waals surface area (Å²) >= 11 is 0. The lowest BCUT2D eigenvalue weighted by Gasteiger charge is -2.10. The number of benzene rings is 2. The van der Waals surface area contributed by atoms with Gasteiger partial charge in [-0.15, -0.1) is 0 Å². The van der Waals surface area contributed by atoms with E-state index in [4.69, 9.17) is 4.74 Å². The maximum atomic E-state index is 12.1. The molecule has 21 heavy (non-hydrogen) atoms. The fourth-order valence-electron chi connectivity index (χ4n) is 2.12. The van der Waals surface area contributed by atoms with E-state index in [1.54, 1.807) is 36.4 Å². The highest BCUT2D eigenvalue weighted by Gasteiger charge is 2.14. The van der Waals surface area contributed by atoms with Gasteiger partial charge < -0.3 is 4.74 Å². The Morgan fingerprint density at radius 3 is 2.38 bits per heavy atom. The average Bonchev–Trinajstić information content (AvgIpc) is 2.49. The number of Topliss-reactive ketones (excluding diaryl/α,β-unsaturated/α-hetero) is 1. The third kappa shape index (κ3) is 3.78. The van der Waals surface area contributed by atoms with Crippen LogP contribution in [0.3, 0.4) is 0 Å². The van der Waals surface area contributed by atoms with Gasteiger partial charge in [-0.1, -0.05) is 37.6 Å². The maximum absolute atomic E-state index is 12.1. The second kappa shape index (κ2) is 6.84. The molecule has 0 aliphatic rings. The number of ketones is 1. The van der Waals surface area contributed by atoms with Crippen molar-refractivity contribution in [1.82, 2.24) is 0 Å². The molecule has 0 bridgehead atoms. The second-order valence-corrected chi connectivity index (χ2v) is 4.89. The van der Waals surface area contributed by atoms with Gasteiger partial charge >= 0.3 is 5.97 Å². The largest absolute Gasteiger partial charge is 0.422 e. The molecule has 0 saturated carbocycles. The summed E-state index contributed by atoms with van der Waals surface area (Å²) in [4.78, 5) is 23.8. The van der Waals surface area contributed by atoms with Crippen LogP contribution < -0.4 is 4.74 Å². The molecule has 0 amide bonds. The lowest BCUT2D eigenvalue weighted by molar-refractivity contribution is 0.0733. The van der Waals surface area contributed by atoms with Gasteiger partial charge in [0.1, 0.15) is 5.75 Å². The fraction of sp³-hybridized carbons (Fsp3) is 0.222. The first kappa shape index (κ1) is 15.0. The summed E-state index contributed by atoms with van der Waals surface area (Å²) in [6, 6.07) is 14.1. The van der Waals surface area contributed by atoms with E-state index in [2.05, 4.69) is 6.92 Å². The minimum absolute atomic E-state index is 0.108. The Morgan fingerprint density at radius 1 is 1.05 bits per heavy atom. The van der Waals surface area contributed by atoms with Gasteiger partial charge in [0.15, 0.2) is 5.78 Å². The molecule has 0 aliphatic carbocycles. The lowest BCUT2D eigenvalue weighted by atomic mass is 10.0. The van der Waals surface area contributed by atoms with Crippen LogP contribution in [-0.4, -0.2) is 11.8 Å². The quantitative estimate of drug-likeness (QED) is 0.472. The topological polar surface area (TPSA) is 43.4 Å². The van der Waals surface area contributed by atoms with Crippen molar-refractivity contribution in [2.75, 3.05) is 0 Å². The zero-order valence-corrected chi connectivity index (χ0v) is 12.3. The molecule has 0 heterocycles. The molecule has 0 aromatic heterocycles. The number of ether oxygens (including phenoxy) is 1. The molecule has 108 valence electrons. The van der Waals surface area contributed by atoms with Crippen molar-refractivity contribution in [3.8, 4) is 5.75 Å². The van der Waals surface area contributed by atoms with Crippen molar-refractivity contribution in [1.29, 1.82) is 0 Å². The van der Waals surface area contributed by atoms with Crippen LogP contribution >= 0.6 is 0 Å². The van der Waals surface area contributed by atoms with Crippen LogP contribution in [0.1, 0.15) is 46.5 Å². The van der Waals surface area contributed by atoms with E-state index in [1.165, 1.54) is 6.92 Å². The van der Waals surface area contributed by atoms with Crippen molar-refractivity contribution in [2.24, 2.45) is 0 Å². The lowest BCUT2D eigenvalue weighted by Crippen LogP contribution is -2.11. The van der Waals surface area contributed by atoms with Gasteiger partial charge in [0.2, 0.25) is 0 Å². The maximum Gasteiger partial charge on any atom is 0.343 e. The van der Waals surface area contributed by atoms with Crippen molar-refractivity contribution in [3.05, 3.63) is 65.2 Å². The fourth-order valence-corrected chi connectivity index (χ4v) is 2.12. The molecular formula is C18H18O3. The molecule has 0 unspecified atom stereocenters. The molecule has 2 aromatic rings. The van der Waals surface area contributed by atoms with Gasteiger partial charge in [0.05, 0.1) is 11.1 Å². The summed E-state index contributed by atoms with van der Waals surface area (Å²) in [5, 5.41) is 0. The molecule has 0 N–H and O–H groups in total. The smallest absolute Gasteiger partial charge is 0.343 e. The zero-order valence-electron chi connectivity index (χ0n) is 12.3. The molecule has 0 aliphatic heterocycles. The number of hydrogen-bond acceptors (Lipinski definition) is 3. The Hall–Kier alpha value is -2.42. The van der Waals surface area contributed by atoms with E-state index >= 15 is 0 Å². The number of aryl methyl sites for hydroxylation is 1. The molecule has 3 heteroatoms. The van der Waals surface area contributed by atoms with Crippen molar-refractivity contribution in [2.45, 2.75) is 26.7 Å². The third-order valence-corrected chi connectivity index (χ3v) is 3.17. The molecular weight excluding hydrogens is 264 g/mol. The predicted molar refractivity (Wildman–Crippen MR) is 81.8 cm³/mol. The first-order chi connectivity index (χ1) is 10.1. The van der Waals surface area contributed by atoms with Gasteiger partial charge in [-0.05, 0) is 43.2 Å². The molecule has 0 spiro atoms. The van der Waals surface area contributed by atoms with Gasteiger partial charge in [0.25, 0.3) is 0 Å². The summed E-state index contributed by atoms with van der Waals surface area (Å²) < 4.78 is 5.37. The predicted octanol–water partition coefficient (Wildman–Crippen LogP) is 4.06. The monoisotopic (exact) mass is 282 g/mol. The highest BCUT2D eigenvalue weighted by Crippen LogP contribution is 2.22. The van der Waals surface area contributed by atoms with Crippen molar-refractivity contribution >= 4 is 11.8 Å². The number of carbonyl (C=O) groups excluding carboxylic acids is 2. The highest BCUT2D eigenvalue weighted by atomic mass is 16.5. The number of hydrogen-bond donors (Lipinski definition) is 0. The molecule has 3 nitrogen and oxygen atoms in total. The van der Waals surface area contributed by atoms with Crippen LogP contribution in [0.5, 0.6) is 5.75 Å².